The Bertz CT molecular complexity index is 1380. The second-order valence-corrected chi connectivity index (χ2v) is 8.98. The Hall–Kier alpha value is -4.31. The molecule has 210 valence electrons. The lowest BCUT2D eigenvalue weighted by Gasteiger charge is -2.20. The van der Waals surface area contributed by atoms with Crippen LogP contribution in [0.5, 0.6) is 11.5 Å². The molecule has 40 heavy (non-hydrogen) atoms. The quantitative estimate of drug-likeness (QED) is 0.334. The van der Waals surface area contributed by atoms with Gasteiger partial charge in [-0.05, 0) is 71.6 Å². The molecule has 0 bridgehead atoms. The molecule has 10 heteroatoms. The third kappa shape index (κ3) is 7.01. The summed E-state index contributed by atoms with van der Waals surface area (Å²) in [6.45, 7) is 1.49. The number of nitrogens with one attached hydrogen (secondary N) is 1. The van der Waals surface area contributed by atoms with Crippen LogP contribution in [0, 0.1) is 0 Å². The van der Waals surface area contributed by atoms with Gasteiger partial charge in [0.25, 0.3) is 0 Å². The number of carbonyl (C=O) groups excluding carboxylic acids is 2. The summed E-state index contributed by atoms with van der Waals surface area (Å²) < 4.78 is 61.3. The Kier molecular flexibility index (Phi) is 9.11. The van der Waals surface area contributed by atoms with Crippen molar-refractivity contribution in [2.45, 2.75) is 25.8 Å². The molecule has 3 aromatic carbocycles. The highest BCUT2D eigenvalue weighted by Crippen LogP contribution is 2.36. The number of rotatable bonds is 9. The Balaban J connectivity index is 1.60. The summed E-state index contributed by atoms with van der Waals surface area (Å²) in [4.78, 5) is 24.2. The third-order valence-corrected chi connectivity index (χ3v) is 6.31. The molecular weight excluding hydrogens is 527 g/mol. The lowest BCUT2D eigenvalue weighted by Crippen LogP contribution is -2.20. The molecule has 1 heterocycles. The van der Waals surface area contributed by atoms with Crippen LogP contribution in [0.3, 0.4) is 0 Å². The average Bonchev–Trinajstić information content (AvgIpc) is 2.98. The van der Waals surface area contributed by atoms with E-state index < -0.39 is 23.7 Å². The lowest BCUT2D eigenvalue weighted by molar-refractivity contribution is -0.139. The molecule has 1 N–H and O–H groups in total. The SMILES string of the molecule is COC(=O)c1cc(OCc2ccc(COc3ccccc3C(F)(F)F)cc2C2=CCNCC2)cc(C(=O)OC)c1. The summed E-state index contributed by atoms with van der Waals surface area (Å²) in [7, 11) is 2.47. The highest BCUT2D eigenvalue weighted by molar-refractivity contribution is 5.96. The first-order valence-corrected chi connectivity index (χ1v) is 12.4. The van der Waals surface area contributed by atoms with E-state index in [0.29, 0.717) is 12.1 Å². The van der Waals surface area contributed by atoms with Crippen LogP contribution < -0.4 is 14.8 Å². The van der Waals surface area contributed by atoms with Crippen molar-refractivity contribution in [2.75, 3.05) is 27.3 Å². The van der Waals surface area contributed by atoms with Crippen molar-refractivity contribution in [3.8, 4) is 11.5 Å². The Morgan fingerprint density at radius 1 is 0.875 bits per heavy atom. The standard InChI is InChI=1S/C30H28F3NO6/c1-37-28(35)22-14-23(29(36)38-2)16-24(15-22)39-18-21-8-7-19(13-25(21)20-9-11-34-12-10-20)17-40-27-6-4-3-5-26(27)30(31,32)33/h3-9,13-16,34H,10-12,17-18H2,1-2H3. The second kappa shape index (κ2) is 12.7. The van der Waals surface area contributed by atoms with Gasteiger partial charge in [0.15, 0.2) is 0 Å². The van der Waals surface area contributed by atoms with Gasteiger partial charge in [-0.25, -0.2) is 9.59 Å². The minimum atomic E-state index is -4.53. The fourth-order valence-electron chi connectivity index (χ4n) is 4.31. The molecule has 0 atom stereocenters. The van der Waals surface area contributed by atoms with Crippen LogP contribution in [-0.2, 0) is 28.9 Å². The number of benzene rings is 3. The Morgan fingerprint density at radius 3 is 2.20 bits per heavy atom. The van der Waals surface area contributed by atoms with Crippen molar-refractivity contribution < 1.29 is 41.7 Å². The van der Waals surface area contributed by atoms with Crippen molar-refractivity contribution in [3.63, 3.8) is 0 Å². The maximum absolute atomic E-state index is 13.4. The smallest absolute Gasteiger partial charge is 0.419 e. The number of ether oxygens (including phenoxy) is 4. The van der Waals surface area contributed by atoms with Gasteiger partial charge in [-0.15, -0.1) is 0 Å². The number of hydrogen-bond donors (Lipinski definition) is 1. The largest absolute Gasteiger partial charge is 0.489 e. The lowest BCUT2D eigenvalue weighted by atomic mass is 9.94. The average molecular weight is 556 g/mol. The molecule has 1 aliphatic rings. The molecule has 7 nitrogen and oxygen atoms in total. The fraction of sp³-hybridized carbons (Fsp3) is 0.267. The molecule has 0 radical (unpaired) electrons. The minimum Gasteiger partial charge on any atom is -0.489 e. The number of methoxy groups -OCH3 is 2. The van der Waals surface area contributed by atoms with E-state index in [9.17, 15) is 22.8 Å². The molecule has 3 aromatic rings. The van der Waals surface area contributed by atoms with Crippen molar-refractivity contribution in [1.29, 1.82) is 0 Å². The topological polar surface area (TPSA) is 83.1 Å². The van der Waals surface area contributed by atoms with Gasteiger partial charge in [0.05, 0.1) is 30.9 Å². The van der Waals surface area contributed by atoms with Gasteiger partial charge < -0.3 is 24.3 Å². The molecular formula is C30H28F3NO6. The van der Waals surface area contributed by atoms with E-state index in [4.69, 9.17) is 18.9 Å². The first-order chi connectivity index (χ1) is 19.2. The van der Waals surface area contributed by atoms with Gasteiger partial charge in [-0.1, -0.05) is 30.3 Å². The first-order valence-electron chi connectivity index (χ1n) is 12.4. The second-order valence-electron chi connectivity index (χ2n) is 8.98. The molecule has 0 spiro atoms. The first kappa shape index (κ1) is 28.7. The van der Waals surface area contributed by atoms with Crippen molar-refractivity contribution >= 4 is 17.5 Å². The summed E-state index contributed by atoms with van der Waals surface area (Å²) in [5.74, 6) is -1.23. The summed E-state index contributed by atoms with van der Waals surface area (Å²) in [5.41, 5.74) is 2.88. The van der Waals surface area contributed by atoms with E-state index in [1.165, 1.54) is 50.6 Å². The predicted octanol–water partition coefficient (Wildman–Crippen LogP) is 5.81. The highest BCUT2D eigenvalue weighted by atomic mass is 19.4. The van der Waals surface area contributed by atoms with Gasteiger partial charge in [-0.2, -0.15) is 13.2 Å². The number of hydrogen-bond acceptors (Lipinski definition) is 7. The molecule has 0 aliphatic carbocycles. The predicted molar refractivity (Wildman–Crippen MR) is 141 cm³/mol. The van der Waals surface area contributed by atoms with Crippen LogP contribution >= 0.6 is 0 Å². The zero-order valence-electron chi connectivity index (χ0n) is 22.0. The van der Waals surface area contributed by atoms with E-state index in [0.717, 1.165) is 35.7 Å². The summed E-state index contributed by atoms with van der Waals surface area (Å²) in [5, 5.41) is 3.26. The number of carbonyl (C=O) groups is 2. The van der Waals surface area contributed by atoms with Crippen LogP contribution in [0.2, 0.25) is 0 Å². The third-order valence-electron chi connectivity index (χ3n) is 6.31. The van der Waals surface area contributed by atoms with Crippen molar-refractivity contribution in [2.24, 2.45) is 0 Å². The van der Waals surface area contributed by atoms with E-state index in [1.807, 2.05) is 12.1 Å². The zero-order chi connectivity index (χ0) is 28.7. The van der Waals surface area contributed by atoms with Crippen LogP contribution in [0.1, 0.15) is 49.4 Å². The van der Waals surface area contributed by atoms with Crippen molar-refractivity contribution in [3.05, 3.63) is 100 Å². The monoisotopic (exact) mass is 555 g/mol. The van der Waals surface area contributed by atoms with Gasteiger partial charge in [0, 0.05) is 6.54 Å². The Labute approximate surface area is 229 Å². The maximum Gasteiger partial charge on any atom is 0.419 e. The van der Waals surface area contributed by atoms with Gasteiger partial charge >= 0.3 is 18.1 Å². The number of halogens is 3. The molecule has 0 aromatic heterocycles. The van der Waals surface area contributed by atoms with Gasteiger partial charge in [0.1, 0.15) is 24.7 Å². The van der Waals surface area contributed by atoms with Crippen LogP contribution in [0.4, 0.5) is 13.2 Å². The highest BCUT2D eigenvalue weighted by Gasteiger charge is 2.34. The zero-order valence-corrected chi connectivity index (χ0v) is 22.0. The fourth-order valence-corrected chi connectivity index (χ4v) is 4.31. The van der Waals surface area contributed by atoms with E-state index >= 15 is 0 Å². The van der Waals surface area contributed by atoms with Gasteiger partial charge in [-0.3, -0.25) is 0 Å². The molecule has 0 unspecified atom stereocenters. The van der Waals surface area contributed by atoms with Crippen molar-refractivity contribution in [1.82, 2.24) is 5.32 Å². The molecule has 0 saturated heterocycles. The minimum absolute atomic E-state index is 0.0591. The molecule has 1 aliphatic heterocycles. The van der Waals surface area contributed by atoms with Gasteiger partial charge in [0.2, 0.25) is 0 Å². The van der Waals surface area contributed by atoms with E-state index in [-0.39, 0.29) is 35.8 Å². The maximum atomic E-state index is 13.4. The van der Waals surface area contributed by atoms with E-state index in [1.54, 1.807) is 6.07 Å². The normalized spacial score (nSPS) is 13.3. The van der Waals surface area contributed by atoms with Crippen LogP contribution in [0.15, 0.2) is 66.7 Å². The Morgan fingerprint density at radius 2 is 1.57 bits per heavy atom. The van der Waals surface area contributed by atoms with Crippen LogP contribution in [-0.4, -0.2) is 39.2 Å². The summed E-state index contributed by atoms with van der Waals surface area (Å²) in [6.07, 6.45) is -1.72. The van der Waals surface area contributed by atoms with E-state index in [2.05, 4.69) is 11.4 Å². The molecule has 0 fully saturated rings. The number of esters is 2. The van der Waals surface area contributed by atoms with Crippen LogP contribution in [0.25, 0.3) is 5.57 Å². The summed E-state index contributed by atoms with van der Waals surface area (Å²) >= 11 is 0. The summed E-state index contributed by atoms with van der Waals surface area (Å²) in [6, 6.07) is 14.9. The molecule has 0 saturated carbocycles. The number of para-hydroxylation sites is 1. The molecule has 4 rings (SSSR count). The molecule has 0 amide bonds. The number of alkyl halides is 3.